The van der Waals surface area contributed by atoms with E-state index in [1.165, 1.54) is 5.56 Å². The summed E-state index contributed by atoms with van der Waals surface area (Å²) >= 11 is 0. The van der Waals surface area contributed by atoms with Crippen molar-refractivity contribution in [2.75, 3.05) is 20.3 Å². The second-order valence-corrected chi connectivity index (χ2v) is 6.27. The van der Waals surface area contributed by atoms with Crippen molar-refractivity contribution < 1.29 is 19.0 Å². The van der Waals surface area contributed by atoms with Crippen molar-refractivity contribution in [3.63, 3.8) is 0 Å². The van der Waals surface area contributed by atoms with Gasteiger partial charge in [0.1, 0.15) is 0 Å². The van der Waals surface area contributed by atoms with Crippen LogP contribution in [-0.2, 0) is 16.1 Å². The number of benzene rings is 2. The molecule has 1 N–H and O–H groups in total. The van der Waals surface area contributed by atoms with Crippen molar-refractivity contribution in [2.45, 2.75) is 39.8 Å². The summed E-state index contributed by atoms with van der Waals surface area (Å²) in [5.41, 5.74) is 3.30. The number of carbonyl (C=O) groups is 1. The van der Waals surface area contributed by atoms with Crippen LogP contribution >= 0.6 is 0 Å². The van der Waals surface area contributed by atoms with E-state index in [-0.39, 0.29) is 18.4 Å². The molecule has 0 spiro atoms. The van der Waals surface area contributed by atoms with Crippen LogP contribution in [0.4, 0.5) is 0 Å². The lowest BCUT2D eigenvalue weighted by molar-refractivity contribution is -0.143. The molecule has 0 aliphatic heterocycles. The number of carbonyl (C=O) groups excluding carboxylic acids is 1. The molecule has 0 aromatic heterocycles. The number of nitrogens with one attached hydrogen (secondary N) is 1. The summed E-state index contributed by atoms with van der Waals surface area (Å²) in [4.78, 5) is 12.0. The van der Waals surface area contributed by atoms with Crippen molar-refractivity contribution in [2.24, 2.45) is 0 Å². The lowest BCUT2D eigenvalue weighted by atomic mass is 10.0. The Morgan fingerprint density at radius 1 is 1.04 bits per heavy atom. The van der Waals surface area contributed by atoms with Gasteiger partial charge in [0.15, 0.2) is 11.5 Å². The van der Waals surface area contributed by atoms with E-state index in [9.17, 15) is 4.79 Å². The van der Waals surface area contributed by atoms with Crippen LogP contribution in [0, 0.1) is 6.92 Å². The summed E-state index contributed by atoms with van der Waals surface area (Å²) in [6.45, 7) is 7.36. The van der Waals surface area contributed by atoms with Gasteiger partial charge < -0.3 is 19.5 Å². The molecule has 0 radical (unpaired) electrons. The molecule has 5 heteroatoms. The molecule has 2 aromatic carbocycles. The van der Waals surface area contributed by atoms with Crippen molar-refractivity contribution in [3.05, 3.63) is 59.2 Å². The van der Waals surface area contributed by atoms with Gasteiger partial charge in [-0.15, -0.1) is 0 Å². The fourth-order valence-corrected chi connectivity index (χ4v) is 2.83. The van der Waals surface area contributed by atoms with Gasteiger partial charge in [0.25, 0.3) is 0 Å². The molecule has 0 amide bonds. The van der Waals surface area contributed by atoms with E-state index in [0.717, 1.165) is 16.9 Å². The molecular weight excluding hydrogens is 342 g/mol. The minimum absolute atomic E-state index is 0.123. The fourth-order valence-electron chi connectivity index (χ4n) is 2.83. The van der Waals surface area contributed by atoms with Crippen LogP contribution in [0.25, 0.3) is 0 Å². The summed E-state index contributed by atoms with van der Waals surface area (Å²) < 4.78 is 16.1. The average Bonchev–Trinajstić information content (AvgIpc) is 2.66. The maximum absolute atomic E-state index is 12.0. The molecule has 27 heavy (non-hydrogen) atoms. The Morgan fingerprint density at radius 2 is 1.78 bits per heavy atom. The molecule has 0 aliphatic rings. The van der Waals surface area contributed by atoms with Gasteiger partial charge in [0, 0.05) is 12.6 Å². The van der Waals surface area contributed by atoms with Crippen LogP contribution in [0.15, 0.2) is 42.5 Å². The second-order valence-electron chi connectivity index (χ2n) is 6.27. The first-order valence-electron chi connectivity index (χ1n) is 9.32. The van der Waals surface area contributed by atoms with Gasteiger partial charge >= 0.3 is 5.97 Å². The lowest BCUT2D eigenvalue weighted by Crippen LogP contribution is -2.24. The summed E-state index contributed by atoms with van der Waals surface area (Å²) in [6.07, 6.45) is 0.283. The molecular formula is C22H29NO4. The van der Waals surface area contributed by atoms with Crippen LogP contribution < -0.4 is 14.8 Å². The highest BCUT2D eigenvalue weighted by Gasteiger charge is 2.17. The number of aryl methyl sites for hydroxylation is 1. The van der Waals surface area contributed by atoms with E-state index in [0.29, 0.717) is 25.5 Å². The SMILES string of the molecule is CCOC(=O)C[C@@H](NCc1ccc(OC)c(OCC)c1)c1ccc(C)cc1. The van der Waals surface area contributed by atoms with Crippen LogP contribution in [0.5, 0.6) is 11.5 Å². The molecule has 0 bridgehead atoms. The Labute approximate surface area is 161 Å². The molecule has 5 nitrogen and oxygen atoms in total. The predicted molar refractivity (Wildman–Crippen MR) is 106 cm³/mol. The largest absolute Gasteiger partial charge is 0.493 e. The Morgan fingerprint density at radius 3 is 2.41 bits per heavy atom. The molecule has 2 rings (SSSR count). The first-order valence-corrected chi connectivity index (χ1v) is 9.32. The van der Waals surface area contributed by atoms with E-state index in [1.54, 1.807) is 7.11 Å². The van der Waals surface area contributed by atoms with Crippen LogP contribution in [0.1, 0.15) is 43.0 Å². The van der Waals surface area contributed by atoms with Crippen molar-refractivity contribution in [1.82, 2.24) is 5.32 Å². The smallest absolute Gasteiger partial charge is 0.307 e. The highest BCUT2D eigenvalue weighted by Crippen LogP contribution is 2.28. The minimum Gasteiger partial charge on any atom is -0.493 e. The maximum Gasteiger partial charge on any atom is 0.307 e. The molecule has 146 valence electrons. The average molecular weight is 371 g/mol. The number of esters is 1. The molecule has 1 atom stereocenters. The first kappa shape index (κ1) is 20.8. The molecule has 0 saturated heterocycles. The van der Waals surface area contributed by atoms with Crippen LogP contribution in [-0.4, -0.2) is 26.3 Å². The zero-order valence-corrected chi connectivity index (χ0v) is 16.6. The minimum atomic E-state index is -0.208. The van der Waals surface area contributed by atoms with Gasteiger partial charge in [-0.3, -0.25) is 4.79 Å². The highest BCUT2D eigenvalue weighted by atomic mass is 16.5. The van der Waals surface area contributed by atoms with Gasteiger partial charge in [-0.2, -0.15) is 0 Å². The van der Waals surface area contributed by atoms with E-state index in [1.807, 2.05) is 51.1 Å². The van der Waals surface area contributed by atoms with Crippen molar-refractivity contribution in [3.8, 4) is 11.5 Å². The standard InChI is InChI=1S/C22H29NO4/c1-5-26-21-13-17(9-12-20(21)25-4)15-23-19(14-22(24)27-6-2)18-10-7-16(3)8-11-18/h7-13,19,23H,5-6,14-15H2,1-4H3/t19-/m1/s1. The monoisotopic (exact) mass is 371 g/mol. The van der Waals surface area contributed by atoms with Gasteiger partial charge in [-0.25, -0.2) is 0 Å². The fraction of sp³-hybridized carbons (Fsp3) is 0.409. The third-order valence-electron chi connectivity index (χ3n) is 4.24. The first-order chi connectivity index (χ1) is 13.1. The van der Waals surface area contributed by atoms with Gasteiger partial charge in [0.2, 0.25) is 0 Å². The lowest BCUT2D eigenvalue weighted by Gasteiger charge is -2.19. The number of methoxy groups -OCH3 is 1. The molecule has 0 aliphatic carbocycles. The summed E-state index contributed by atoms with van der Waals surface area (Å²) in [5.74, 6) is 1.22. The maximum atomic E-state index is 12.0. The third-order valence-corrected chi connectivity index (χ3v) is 4.24. The summed E-state index contributed by atoms with van der Waals surface area (Å²) in [6, 6.07) is 13.9. The van der Waals surface area contributed by atoms with Gasteiger partial charge in [-0.1, -0.05) is 35.9 Å². The van der Waals surface area contributed by atoms with E-state index in [2.05, 4.69) is 17.4 Å². The summed E-state index contributed by atoms with van der Waals surface area (Å²) in [5, 5.41) is 3.47. The topological polar surface area (TPSA) is 56.8 Å². The number of ether oxygens (including phenoxy) is 3. The summed E-state index contributed by atoms with van der Waals surface area (Å²) in [7, 11) is 1.63. The van der Waals surface area contributed by atoms with Gasteiger partial charge in [0.05, 0.1) is 26.7 Å². The molecule has 2 aromatic rings. The molecule has 0 fully saturated rings. The normalized spacial score (nSPS) is 11.7. The Kier molecular flexibility index (Phi) is 8.14. The number of rotatable bonds is 10. The number of hydrogen-bond acceptors (Lipinski definition) is 5. The van der Waals surface area contributed by atoms with Gasteiger partial charge in [-0.05, 0) is 44.0 Å². The predicted octanol–water partition coefficient (Wildman–Crippen LogP) is 4.19. The Hall–Kier alpha value is -2.53. The molecule has 0 heterocycles. The molecule has 0 saturated carbocycles. The van der Waals surface area contributed by atoms with E-state index in [4.69, 9.17) is 14.2 Å². The quantitative estimate of drug-likeness (QED) is 0.635. The Bertz CT molecular complexity index is 728. The third kappa shape index (κ3) is 6.29. The molecule has 0 unspecified atom stereocenters. The van der Waals surface area contributed by atoms with E-state index < -0.39 is 0 Å². The highest BCUT2D eigenvalue weighted by molar-refractivity contribution is 5.70. The van der Waals surface area contributed by atoms with Crippen molar-refractivity contribution in [1.29, 1.82) is 0 Å². The number of hydrogen-bond donors (Lipinski definition) is 1. The second kappa shape index (κ2) is 10.6. The zero-order chi connectivity index (χ0) is 19.6. The van der Waals surface area contributed by atoms with Crippen molar-refractivity contribution >= 4 is 5.97 Å². The van der Waals surface area contributed by atoms with Crippen LogP contribution in [0.2, 0.25) is 0 Å². The Balaban J connectivity index is 2.13. The van der Waals surface area contributed by atoms with Crippen LogP contribution in [0.3, 0.4) is 0 Å². The van der Waals surface area contributed by atoms with E-state index >= 15 is 0 Å². The zero-order valence-electron chi connectivity index (χ0n) is 16.6.